The van der Waals surface area contributed by atoms with Crippen LogP contribution in [0.2, 0.25) is 0 Å². The average molecular weight is 450 g/mol. The van der Waals surface area contributed by atoms with Crippen LogP contribution in [0.1, 0.15) is 86.0 Å². The standard InChI is InChI=1S/C27H47NO4/c1-6-32-23-15-26(4)17(13-22(23)29)7-8-18-19-9-10-20(25(30)31)27(19,5)14-21(24(18)26)28-12-11-16(2)3/h16-24,28-29H,6-15H2,1-5H3,(H,30,31)/t17-,18-,19-,20+,21+,22-,23-,24+,26-,27-/m0/s1. The minimum atomic E-state index is -0.591. The number of aliphatic carboxylic acids is 1. The third-order valence-corrected chi connectivity index (χ3v) is 10.4. The number of fused-ring (bicyclic) bond motifs is 5. The quantitative estimate of drug-likeness (QED) is 0.524. The smallest absolute Gasteiger partial charge is 0.307 e. The van der Waals surface area contributed by atoms with Crippen molar-refractivity contribution in [3.05, 3.63) is 0 Å². The average Bonchev–Trinajstić information content (AvgIpc) is 3.05. The maximum Gasteiger partial charge on any atom is 0.307 e. The minimum absolute atomic E-state index is 0.0695. The molecule has 4 aliphatic carbocycles. The van der Waals surface area contributed by atoms with Crippen LogP contribution in [-0.4, -0.2) is 47.6 Å². The van der Waals surface area contributed by atoms with Crippen molar-refractivity contribution in [1.29, 1.82) is 0 Å². The maximum atomic E-state index is 12.2. The summed E-state index contributed by atoms with van der Waals surface area (Å²) in [6, 6.07) is 0.352. The van der Waals surface area contributed by atoms with Crippen LogP contribution in [0.25, 0.3) is 0 Å². The van der Waals surface area contributed by atoms with E-state index in [1.165, 1.54) is 6.42 Å². The SMILES string of the molecule is CCO[C@H]1C[C@@]2(C)[C@@H](CC[C@@H]3[C@@H]2[C@H](NCCC(C)C)C[C@]2(C)[C@@H](C(=O)O)CC[C@@H]32)C[C@@H]1O. The number of aliphatic hydroxyl groups is 1. The van der Waals surface area contributed by atoms with Gasteiger partial charge in [0.15, 0.2) is 0 Å². The highest BCUT2D eigenvalue weighted by molar-refractivity contribution is 5.71. The van der Waals surface area contributed by atoms with E-state index in [1.54, 1.807) is 0 Å². The zero-order valence-corrected chi connectivity index (χ0v) is 21.0. The fourth-order valence-electron chi connectivity index (χ4n) is 8.98. The fraction of sp³-hybridized carbons (Fsp3) is 0.963. The normalized spacial score (nSPS) is 48.2. The van der Waals surface area contributed by atoms with Crippen molar-refractivity contribution in [3.8, 4) is 0 Å². The molecule has 4 rings (SSSR count). The summed E-state index contributed by atoms with van der Waals surface area (Å²) in [5, 5.41) is 24.8. The zero-order valence-electron chi connectivity index (χ0n) is 21.0. The molecule has 3 N–H and O–H groups in total. The fourth-order valence-corrected chi connectivity index (χ4v) is 8.98. The highest BCUT2D eigenvalue weighted by atomic mass is 16.5. The third-order valence-electron chi connectivity index (χ3n) is 10.4. The van der Waals surface area contributed by atoms with Gasteiger partial charge in [-0.2, -0.15) is 0 Å². The summed E-state index contributed by atoms with van der Waals surface area (Å²) >= 11 is 0. The van der Waals surface area contributed by atoms with Gasteiger partial charge in [-0.3, -0.25) is 4.79 Å². The van der Waals surface area contributed by atoms with Gasteiger partial charge in [0.25, 0.3) is 0 Å². The second kappa shape index (κ2) is 9.19. The topological polar surface area (TPSA) is 78.8 Å². The Kier molecular flexibility index (Phi) is 7.03. The van der Waals surface area contributed by atoms with E-state index >= 15 is 0 Å². The zero-order chi connectivity index (χ0) is 23.3. The molecule has 4 saturated carbocycles. The van der Waals surface area contributed by atoms with Crippen molar-refractivity contribution in [1.82, 2.24) is 5.32 Å². The first-order valence-corrected chi connectivity index (χ1v) is 13.4. The van der Waals surface area contributed by atoms with Crippen molar-refractivity contribution >= 4 is 5.97 Å². The Bertz CT molecular complexity index is 683. The number of hydrogen-bond donors (Lipinski definition) is 3. The number of rotatable bonds is 7. The van der Waals surface area contributed by atoms with Crippen molar-refractivity contribution in [2.24, 2.45) is 46.3 Å². The molecule has 5 nitrogen and oxygen atoms in total. The molecule has 0 amide bonds. The van der Waals surface area contributed by atoms with Crippen molar-refractivity contribution in [2.45, 2.75) is 104 Å². The molecular formula is C27H47NO4. The Morgan fingerprint density at radius 2 is 1.88 bits per heavy atom. The van der Waals surface area contributed by atoms with Crippen LogP contribution in [0.3, 0.4) is 0 Å². The number of ether oxygens (including phenoxy) is 1. The van der Waals surface area contributed by atoms with Gasteiger partial charge >= 0.3 is 5.97 Å². The van der Waals surface area contributed by atoms with Crippen LogP contribution in [0.15, 0.2) is 0 Å². The summed E-state index contributed by atoms with van der Waals surface area (Å²) < 4.78 is 6.04. The predicted octanol–water partition coefficient (Wildman–Crippen LogP) is 4.72. The number of nitrogens with one attached hydrogen (secondary N) is 1. The van der Waals surface area contributed by atoms with E-state index in [0.29, 0.717) is 42.2 Å². The van der Waals surface area contributed by atoms with Gasteiger partial charge in [0, 0.05) is 12.6 Å². The summed E-state index contributed by atoms with van der Waals surface area (Å²) in [6.45, 7) is 13.0. The van der Waals surface area contributed by atoms with E-state index in [2.05, 4.69) is 33.0 Å². The van der Waals surface area contributed by atoms with Crippen LogP contribution in [0.4, 0.5) is 0 Å². The lowest BCUT2D eigenvalue weighted by atomic mass is 9.43. The van der Waals surface area contributed by atoms with E-state index in [-0.39, 0.29) is 29.0 Å². The molecule has 0 aliphatic heterocycles. The molecule has 0 spiro atoms. The Labute approximate surface area is 195 Å². The van der Waals surface area contributed by atoms with E-state index in [9.17, 15) is 15.0 Å². The molecular weight excluding hydrogens is 402 g/mol. The largest absolute Gasteiger partial charge is 0.481 e. The van der Waals surface area contributed by atoms with Crippen LogP contribution in [0.5, 0.6) is 0 Å². The molecule has 0 aromatic carbocycles. The number of carboxylic acid groups (broad SMARTS) is 1. The Balaban J connectivity index is 1.67. The molecule has 0 saturated heterocycles. The molecule has 4 fully saturated rings. The van der Waals surface area contributed by atoms with Gasteiger partial charge in [-0.05, 0) is 105 Å². The molecule has 32 heavy (non-hydrogen) atoms. The van der Waals surface area contributed by atoms with E-state index in [4.69, 9.17) is 4.74 Å². The van der Waals surface area contributed by atoms with E-state index in [0.717, 1.165) is 51.5 Å². The lowest BCUT2D eigenvalue weighted by molar-refractivity contribution is -0.182. The summed E-state index contributed by atoms with van der Waals surface area (Å²) in [6.07, 6.45) is 7.72. The van der Waals surface area contributed by atoms with E-state index < -0.39 is 5.97 Å². The molecule has 0 bridgehead atoms. The monoisotopic (exact) mass is 449 g/mol. The number of carbonyl (C=O) groups is 1. The van der Waals surface area contributed by atoms with Crippen molar-refractivity contribution in [3.63, 3.8) is 0 Å². The van der Waals surface area contributed by atoms with Gasteiger partial charge < -0.3 is 20.3 Å². The Hall–Kier alpha value is -0.650. The molecule has 0 unspecified atom stereocenters. The first-order valence-electron chi connectivity index (χ1n) is 13.4. The van der Waals surface area contributed by atoms with Gasteiger partial charge in [-0.1, -0.05) is 27.7 Å². The summed E-state index contributed by atoms with van der Waals surface area (Å²) in [4.78, 5) is 12.2. The lowest BCUT2D eigenvalue weighted by Crippen LogP contribution is -2.64. The number of aliphatic hydroxyl groups excluding tert-OH is 1. The minimum Gasteiger partial charge on any atom is -0.481 e. The highest BCUT2D eigenvalue weighted by Crippen LogP contribution is 2.67. The van der Waals surface area contributed by atoms with Crippen molar-refractivity contribution in [2.75, 3.05) is 13.2 Å². The molecule has 0 heterocycles. The Morgan fingerprint density at radius 1 is 1.12 bits per heavy atom. The molecule has 0 aromatic heterocycles. The summed E-state index contributed by atoms with van der Waals surface area (Å²) in [7, 11) is 0. The highest BCUT2D eigenvalue weighted by Gasteiger charge is 2.64. The van der Waals surface area contributed by atoms with E-state index in [1.807, 2.05) is 6.92 Å². The molecule has 5 heteroatoms. The molecule has 184 valence electrons. The summed E-state index contributed by atoms with van der Waals surface area (Å²) in [5.74, 6) is 2.01. The molecule has 0 radical (unpaired) electrons. The molecule has 4 aliphatic rings. The first-order chi connectivity index (χ1) is 15.1. The van der Waals surface area contributed by atoms with Gasteiger partial charge in [0.1, 0.15) is 0 Å². The van der Waals surface area contributed by atoms with Gasteiger partial charge in [-0.25, -0.2) is 0 Å². The van der Waals surface area contributed by atoms with Crippen molar-refractivity contribution < 1.29 is 19.7 Å². The third kappa shape index (κ3) is 4.05. The number of carboxylic acids is 1. The van der Waals surface area contributed by atoms with Crippen LogP contribution in [-0.2, 0) is 9.53 Å². The number of hydrogen-bond acceptors (Lipinski definition) is 4. The lowest BCUT2D eigenvalue weighted by Gasteiger charge is -2.64. The second-order valence-electron chi connectivity index (χ2n) is 12.5. The van der Waals surface area contributed by atoms with Crippen LogP contribution >= 0.6 is 0 Å². The van der Waals surface area contributed by atoms with Gasteiger partial charge in [0.2, 0.25) is 0 Å². The predicted molar refractivity (Wildman–Crippen MR) is 126 cm³/mol. The van der Waals surface area contributed by atoms with Gasteiger partial charge in [0.05, 0.1) is 18.1 Å². The maximum absolute atomic E-state index is 12.2. The Morgan fingerprint density at radius 3 is 2.53 bits per heavy atom. The van der Waals surface area contributed by atoms with Gasteiger partial charge in [-0.15, -0.1) is 0 Å². The summed E-state index contributed by atoms with van der Waals surface area (Å²) in [5.41, 5.74) is 0.0271. The second-order valence-corrected chi connectivity index (χ2v) is 12.5. The van der Waals surface area contributed by atoms with Crippen LogP contribution in [0, 0.1) is 46.3 Å². The first kappa shape index (κ1) is 24.5. The molecule has 0 aromatic rings. The van der Waals surface area contributed by atoms with Crippen LogP contribution < -0.4 is 5.32 Å². The molecule has 10 atom stereocenters.